The van der Waals surface area contributed by atoms with Crippen molar-refractivity contribution in [2.45, 2.75) is 136 Å². The average Bonchev–Trinajstić information content (AvgIpc) is 1.06. The zero-order valence-electron chi connectivity index (χ0n) is 71.3. The van der Waals surface area contributed by atoms with Crippen LogP contribution in [0.25, 0.3) is 0 Å². The van der Waals surface area contributed by atoms with Crippen LogP contribution in [0.1, 0.15) is 136 Å². The summed E-state index contributed by atoms with van der Waals surface area (Å²) in [5.41, 5.74) is 0. The number of hydrogen-bond donors (Lipinski definition) is 4. The maximum atomic E-state index is 10.8. The van der Waals surface area contributed by atoms with Crippen LogP contribution in [0.4, 0.5) is 14.4 Å². The van der Waals surface area contributed by atoms with Gasteiger partial charge in [0.05, 0.1) is 103 Å². The molecule has 0 aromatic rings. The summed E-state index contributed by atoms with van der Waals surface area (Å²) in [6, 6.07) is 0. The molecular formula is C73H120Br4Cl4I2N4O37. The monoisotopic (exact) mass is 2350 g/mol. The minimum atomic E-state index is -0.808. The fourth-order valence-corrected chi connectivity index (χ4v) is 7.37. The molecule has 0 aromatic heterocycles. The molecule has 0 saturated carbocycles. The normalized spacial score (nSPS) is 9.26. The maximum Gasteiger partial charge on any atom is 0.508 e. The lowest BCUT2D eigenvalue weighted by atomic mass is 10.2. The number of rotatable bonds is 54. The van der Waals surface area contributed by atoms with E-state index in [-0.39, 0.29) is 182 Å². The van der Waals surface area contributed by atoms with E-state index in [1.54, 1.807) is 20.9 Å². The van der Waals surface area contributed by atoms with Gasteiger partial charge in [-0.2, -0.15) is 0 Å². The average molecular weight is 2360 g/mol. The van der Waals surface area contributed by atoms with E-state index >= 15 is 0 Å². The van der Waals surface area contributed by atoms with Crippen molar-refractivity contribution in [3.63, 3.8) is 0 Å². The molecule has 0 atom stereocenters. The Balaban J connectivity index is -0.000000146. The summed E-state index contributed by atoms with van der Waals surface area (Å²) in [6.07, 6.45) is 7.77. The van der Waals surface area contributed by atoms with Crippen LogP contribution >= 0.6 is 155 Å². The van der Waals surface area contributed by atoms with E-state index in [1.807, 2.05) is 52.1 Å². The van der Waals surface area contributed by atoms with E-state index < -0.39 is 36.2 Å². The molecule has 0 saturated heterocycles. The maximum absolute atomic E-state index is 10.8. The molecule has 4 amide bonds. The van der Waals surface area contributed by atoms with Crippen LogP contribution in [0.15, 0.2) is 0 Å². The molecule has 124 heavy (non-hydrogen) atoms. The quantitative estimate of drug-likeness (QED) is 0.0145. The molecule has 41 nitrogen and oxygen atoms in total. The number of alkyl carbamates (subject to hydrolysis) is 2. The molecule has 0 aliphatic rings. The third-order valence-electron chi connectivity index (χ3n) is 12.1. The van der Waals surface area contributed by atoms with Crippen molar-refractivity contribution >= 4 is 274 Å². The number of unbranched alkanes of at least 4 members (excludes halogenated alkanes) is 3. The predicted molar refractivity (Wildman–Crippen MR) is 483 cm³/mol. The molecule has 0 aliphatic heterocycles. The highest BCUT2D eigenvalue weighted by atomic mass is 127. The minimum absolute atomic E-state index is 0.0132. The Morgan fingerprint density at radius 3 is 1.03 bits per heavy atom. The van der Waals surface area contributed by atoms with Crippen LogP contribution in [0.5, 0.6) is 0 Å². The first kappa shape index (κ1) is 138. The molecule has 0 spiro atoms. The standard InChI is InChI=1S/C9H16INO4.C8H13BrO4.C8H14ClNO5.C8H13IO3.2C7H11BrO4.C7H12ClNO3.C7H11ClO3.C6H10BrNO2.C6H9ClO5/c1-14-9(13)11-5-3-2-4-6-15-8(12)7-10;1-12-7(10)4-2-3-5-13-8(11)6-9;1-13-8(12)10-2-3-14-4-5-15-7(11)6-9;1-2-7(10)4-3-5-12-8(11)6-9;1-11-6(9)3-2-4-12-7(10)5-8;1-2-6(9)11-3-4-12-7(10)5-8;1-12-7(11)3-2-4-9-6(10)5-8;1-2-6(9)3-4-11-7(10)5-8;1-8-6(10)3-2-5(9)4-7;1-10-6(9)12-3-2-11-5(8)4-7/h2-7H2,1H3,(H,11,13);2-6H2,1H3;2-6H2,1H3,(H,10,12);2-6H2,1H3;2*2-5H2,1H3;2-5H2,1H3,(H,9,10);2-5H2,1H3;2-4H2,1H3,(H,8,10);2-4H2,1H3. The van der Waals surface area contributed by atoms with Gasteiger partial charge < -0.3 is 102 Å². The predicted octanol–water partition coefficient (Wildman–Crippen LogP) is 8.84. The minimum Gasteiger partial charge on any atom is -0.469 e. The highest BCUT2D eigenvalue weighted by Gasteiger charge is 2.10. The molecule has 0 unspecified atom stereocenters. The van der Waals surface area contributed by atoms with Gasteiger partial charge in [-0.3, -0.25) is 81.5 Å². The van der Waals surface area contributed by atoms with Gasteiger partial charge in [-0.05, 0) is 51.4 Å². The van der Waals surface area contributed by atoms with Crippen LogP contribution in [0, 0.1) is 0 Å². The largest absolute Gasteiger partial charge is 0.508 e. The smallest absolute Gasteiger partial charge is 0.469 e. The van der Waals surface area contributed by atoms with E-state index in [0.717, 1.165) is 19.3 Å². The van der Waals surface area contributed by atoms with Crippen molar-refractivity contribution in [1.29, 1.82) is 0 Å². The third kappa shape index (κ3) is 131. The van der Waals surface area contributed by atoms with E-state index in [0.29, 0.717) is 150 Å². The Bertz CT molecular complexity index is 2450. The van der Waals surface area contributed by atoms with E-state index in [4.69, 9.17) is 70.1 Å². The summed E-state index contributed by atoms with van der Waals surface area (Å²) in [5.74, 6) is -4.43. The summed E-state index contributed by atoms with van der Waals surface area (Å²) in [7, 11) is 9.37. The van der Waals surface area contributed by atoms with Gasteiger partial charge in [-0.15, -0.1) is 46.4 Å². The number of ketones is 3. The number of halogens is 10. The second-order valence-electron chi connectivity index (χ2n) is 21.6. The molecule has 0 bridgehead atoms. The van der Waals surface area contributed by atoms with Crippen molar-refractivity contribution < 1.29 is 176 Å². The van der Waals surface area contributed by atoms with Crippen molar-refractivity contribution in [3.05, 3.63) is 0 Å². The molecule has 0 aromatic carbocycles. The number of carbonyl (C=O) groups excluding carboxylic acids is 20. The van der Waals surface area contributed by atoms with Crippen LogP contribution in [0.2, 0.25) is 0 Å². The lowest BCUT2D eigenvalue weighted by molar-refractivity contribution is -0.150. The highest BCUT2D eigenvalue weighted by molar-refractivity contribution is 14.1. The first-order valence-corrected chi connectivity index (χ1v) is 46.9. The highest BCUT2D eigenvalue weighted by Crippen LogP contribution is 2.02. The van der Waals surface area contributed by atoms with E-state index in [2.05, 4.69) is 142 Å². The van der Waals surface area contributed by atoms with Gasteiger partial charge in [-0.1, -0.05) is 130 Å². The number of amides is 4. The lowest BCUT2D eigenvalue weighted by Crippen LogP contribution is -2.27. The van der Waals surface area contributed by atoms with Gasteiger partial charge >= 0.3 is 90.0 Å². The van der Waals surface area contributed by atoms with E-state index in [1.165, 1.54) is 42.7 Å². The van der Waals surface area contributed by atoms with Crippen molar-refractivity contribution in [1.82, 2.24) is 21.3 Å². The summed E-state index contributed by atoms with van der Waals surface area (Å²) < 4.78 is 78.4. The molecule has 4 N–H and O–H groups in total. The summed E-state index contributed by atoms with van der Waals surface area (Å²) >= 11 is 36.4. The summed E-state index contributed by atoms with van der Waals surface area (Å²) in [4.78, 5) is 211. The SMILES string of the molecule is CCC(=O)CCCOC(=O)CI.CCC(=O)CCOC(=O)CCl.CCC(=O)OCCOC(=O)CBr.CNC(=O)CCC(=O)CBr.COC(=O)CCCCOC(=O)CBr.COC(=O)CCCNC(=O)CCl.COC(=O)CCCOC(=O)CBr.COC(=O)NCCCCCOC(=O)CI.COC(=O)NCCOCCOC(=O)CCl.COC(=O)OCCOC(=O)CCl. The van der Waals surface area contributed by atoms with Crippen molar-refractivity contribution in [2.24, 2.45) is 0 Å². The Morgan fingerprint density at radius 1 is 0.274 bits per heavy atom. The topological polar surface area (TPSA) is 546 Å². The Kier molecular flexibility index (Phi) is 126. The number of carbonyl (C=O) groups is 20. The van der Waals surface area contributed by atoms with Gasteiger partial charge in [0.25, 0.3) is 0 Å². The molecule has 724 valence electrons. The van der Waals surface area contributed by atoms with Crippen LogP contribution < -0.4 is 21.3 Å². The number of methoxy groups -OCH3 is 6. The van der Waals surface area contributed by atoms with Gasteiger partial charge in [0.15, 0.2) is 0 Å². The fraction of sp³-hybridized carbons (Fsp3) is 0.726. The van der Waals surface area contributed by atoms with E-state index in [9.17, 15) is 95.9 Å². The van der Waals surface area contributed by atoms with Gasteiger partial charge in [0, 0.05) is 90.9 Å². The summed E-state index contributed by atoms with van der Waals surface area (Å²) in [5, 5.41) is 10.9. The first-order chi connectivity index (χ1) is 59.0. The second kappa shape index (κ2) is 113. The Morgan fingerprint density at radius 2 is 0.637 bits per heavy atom. The number of esters is 12. The van der Waals surface area contributed by atoms with Gasteiger partial charge in [0.2, 0.25) is 11.8 Å². The Hall–Kier alpha value is -6.10. The third-order valence-corrected chi connectivity index (χ3v) is 16.2. The number of nitrogens with one attached hydrogen (secondary N) is 4. The molecular weight excluding hydrogens is 2240 g/mol. The number of hydrogen-bond acceptors (Lipinski definition) is 37. The second-order valence-corrected chi connectivity index (χ2v) is 26.4. The molecule has 0 heterocycles. The van der Waals surface area contributed by atoms with Gasteiger partial charge in [0.1, 0.15) is 89.9 Å². The zero-order chi connectivity index (χ0) is 96.8. The van der Waals surface area contributed by atoms with Crippen LogP contribution in [-0.2, 0) is 162 Å². The van der Waals surface area contributed by atoms with Gasteiger partial charge in [-0.25, -0.2) is 14.4 Å². The molecule has 51 heteroatoms. The molecule has 0 rings (SSSR count). The molecule has 0 radical (unpaired) electrons. The number of Topliss-reactive ketones (excluding diaryl/α,β-unsaturated/α-hetero) is 3. The summed E-state index contributed by atoms with van der Waals surface area (Å²) in [6.45, 7) is 9.26. The lowest BCUT2D eigenvalue weighted by Gasteiger charge is -2.05. The molecule has 0 fully saturated rings. The fourth-order valence-electron chi connectivity index (χ4n) is 5.83. The zero-order valence-corrected chi connectivity index (χ0v) is 85.0. The van der Waals surface area contributed by atoms with Crippen molar-refractivity contribution in [3.8, 4) is 0 Å². The Labute approximate surface area is 804 Å². The van der Waals surface area contributed by atoms with Crippen molar-refractivity contribution in [2.75, 3.05) is 202 Å². The first-order valence-electron chi connectivity index (χ1n) is 37.2. The van der Waals surface area contributed by atoms with Crippen LogP contribution in [0.3, 0.4) is 0 Å². The number of alkyl halides is 10. The number of ether oxygens (including phenoxy) is 17. The van der Waals surface area contributed by atoms with Crippen LogP contribution in [-0.4, -0.2) is 321 Å². The molecule has 0 aliphatic carbocycles.